The van der Waals surface area contributed by atoms with E-state index < -0.39 is 22.7 Å². The van der Waals surface area contributed by atoms with Gasteiger partial charge in [-0.25, -0.2) is 9.78 Å². The Bertz CT molecular complexity index is 508. The largest absolute Gasteiger partial charge is 0.477 e. The van der Waals surface area contributed by atoms with Gasteiger partial charge in [-0.1, -0.05) is 6.92 Å². The molecule has 0 radical (unpaired) electrons. The van der Waals surface area contributed by atoms with E-state index in [1.54, 1.807) is 0 Å². The van der Waals surface area contributed by atoms with Crippen LogP contribution in [0.25, 0.3) is 0 Å². The fourth-order valence-corrected chi connectivity index (χ4v) is 3.26. The summed E-state index contributed by atoms with van der Waals surface area (Å²) in [6, 6.07) is 0. The van der Waals surface area contributed by atoms with E-state index in [1.807, 2.05) is 0 Å². The number of carboxylic acid groups (broad SMARTS) is 1. The lowest BCUT2D eigenvalue weighted by molar-refractivity contribution is -0.141. The van der Waals surface area contributed by atoms with Crippen molar-refractivity contribution in [3.8, 4) is 0 Å². The Morgan fingerprint density at radius 3 is 2.52 bits per heavy atom. The third kappa shape index (κ3) is 4.16. The van der Waals surface area contributed by atoms with E-state index >= 15 is 0 Å². The van der Waals surface area contributed by atoms with Crippen LogP contribution in [0, 0.1) is 5.92 Å². The molecule has 1 N–H and O–H groups in total. The molecule has 1 aliphatic heterocycles. The van der Waals surface area contributed by atoms with E-state index in [9.17, 15) is 18.0 Å². The van der Waals surface area contributed by atoms with Crippen LogP contribution in [-0.2, 0) is 12.6 Å². The topological polar surface area (TPSA) is 53.4 Å². The van der Waals surface area contributed by atoms with Crippen LogP contribution >= 0.6 is 11.3 Å². The minimum atomic E-state index is -4.72. The number of nitrogens with zero attached hydrogens (tertiary/aromatic N) is 2. The van der Waals surface area contributed by atoms with Crippen LogP contribution in [0.5, 0.6) is 0 Å². The highest BCUT2D eigenvalue weighted by Gasteiger charge is 2.39. The molecule has 118 valence electrons. The molecule has 1 aliphatic rings. The maximum absolute atomic E-state index is 12.7. The predicted octanol–water partition coefficient (Wildman–Crippen LogP) is 3.13. The summed E-state index contributed by atoms with van der Waals surface area (Å²) in [5.74, 6) is -0.880. The zero-order chi connectivity index (χ0) is 15.6. The second-order valence-electron chi connectivity index (χ2n) is 5.36. The van der Waals surface area contributed by atoms with Crippen LogP contribution in [0.4, 0.5) is 13.2 Å². The standard InChI is InChI=1S/C13H17F3N2O2S/c1-8-2-5-18(6-3-8)7-4-9-17-11(13(14,15)16)10(21-9)12(19)20/h8H,2-7H2,1H3,(H,19,20). The Labute approximate surface area is 124 Å². The molecule has 1 aromatic heterocycles. The highest BCUT2D eigenvalue weighted by atomic mass is 32.1. The van der Waals surface area contributed by atoms with E-state index in [-0.39, 0.29) is 5.01 Å². The number of alkyl halides is 3. The van der Waals surface area contributed by atoms with Crippen LogP contribution < -0.4 is 0 Å². The van der Waals surface area contributed by atoms with Crippen LogP contribution in [0.2, 0.25) is 0 Å². The molecule has 0 bridgehead atoms. The van der Waals surface area contributed by atoms with Gasteiger partial charge in [-0.15, -0.1) is 11.3 Å². The number of rotatable bonds is 4. The summed E-state index contributed by atoms with van der Waals surface area (Å²) < 4.78 is 38.2. The molecule has 8 heteroatoms. The van der Waals surface area contributed by atoms with E-state index in [0.29, 0.717) is 30.2 Å². The van der Waals surface area contributed by atoms with Crippen LogP contribution in [-0.4, -0.2) is 40.6 Å². The zero-order valence-corrected chi connectivity index (χ0v) is 12.4. The van der Waals surface area contributed by atoms with Gasteiger partial charge in [0.25, 0.3) is 0 Å². The highest BCUT2D eigenvalue weighted by molar-refractivity contribution is 7.13. The molecule has 2 heterocycles. The van der Waals surface area contributed by atoms with Crippen LogP contribution in [0.15, 0.2) is 0 Å². The minimum absolute atomic E-state index is 0.235. The molecule has 0 amide bonds. The van der Waals surface area contributed by atoms with Crippen molar-refractivity contribution >= 4 is 17.3 Å². The van der Waals surface area contributed by atoms with Crippen molar-refractivity contribution in [3.63, 3.8) is 0 Å². The Kier molecular flexibility index (Phi) is 4.88. The first-order valence-electron chi connectivity index (χ1n) is 6.80. The zero-order valence-electron chi connectivity index (χ0n) is 11.6. The summed E-state index contributed by atoms with van der Waals surface area (Å²) in [4.78, 5) is 15.8. The molecule has 0 saturated carbocycles. The van der Waals surface area contributed by atoms with Crippen molar-refractivity contribution in [2.75, 3.05) is 19.6 Å². The van der Waals surface area contributed by atoms with Crippen LogP contribution in [0.3, 0.4) is 0 Å². The van der Waals surface area contributed by atoms with Crippen molar-refractivity contribution in [2.24, 2.45) is 5.92 Å². The Morgan fingerprint density at radius 2 is 2.05 bits per heavy atom. The average molecular weight is 322 g/mol. The number of hydrogen-bond donors (Lipinski definition) is 1. The van der Waals surface area contributed by atoms with E-state index in [2.05, 4.69) is 16.8 Å². The monoisotopic (exact) mass is 322 g/mol. The minimum Gasteiger partial charge on any atom is -0.477 e. The normalized spacial score (nSPS) is 18.1. The number of piperidine rings is 1. The van der Waals surface area contributed by atoms with Crippen molar-refractivity contribution in [1.29, 1.82) is 0 Å². The van der Waals surface area contributed by atoms with Crippen molar-refractivity contribution < 1.29 is 23.1 Å². The fraction of sp³-hybridized carbons (Fsp3) is 0.692. The van der Waals surface area contributed by atoms with Gasteiger partial charge in [0.05, 0.1) is 5.01 Å². The summed E-state index contributed by atoms with van der Waals surface area (Å²) in [6.07, 6.45) is -2.18. The number of aromatic nitrogens is 1. The van der Waals surface area contributed by atoms with Gasteiger partial charge in [0.2, 0.25) is 0 Å². The average Bonchev–Trinajstić information content (AvgIpc) is 2.82. The van der Waals surface area contributed by atoms with Crippen molar-refractivity contribution in [3.05, 3.63) is 15.6 Å². The Hall–Kier alpha value is -1.15. The number of hydrogen-bond acceptors (Lipinski definition) is 4. The molecule has 0 aliphatic carbocycles. The molecule has 21 heavy (non-hydrogen) atoms. The SMILES string of the molecule is CC1CCN(CCc2nc(C(F)(F)F)c(C(=O)O)s2)CC1. The van der Waals surface area contributed by atoms with Gasteiger partial charge >= 0.3 is 12.1 Å². The number of likely N-dealkylation sites (tertiary alicyclic amines) is 1. The third-order valence-corrected chi connectivity index (χ3v) is 4.76. The smallest absolute Gasteiger partial charge is 0.435 e. The van der Waals surface area contributed by atoms with Crippen LogP contribution in [0.1, 0.15) is 40.1 Å². The molecule has 4 nitrogen and oxygen atoms in total. The van der Waals surface area contributed by atoms with Gasteiger partial charge in [-0.05, 0) is 31.8 Å². The molecule has 0 aromatic carbocycles. The first-order valence-corrected chi connectivity index (χ1v) is 7.61. The quantitative estimate of drug-likeness (QED) is 0.925. The summed E-state index contributed by atoms with van der Waals surface area (Å²) in [6.45, 7) is 4.68. The summed E-state index contributed by atoms with van der Waals surface area (Å²) in [5, 5.41) is 9.08. The Balaban J connectivity index is 2.02. The van der Waals surface area contributed by atoms with Gasteiger partial charge in [0.1, 0.15) is 4.88 Å². The number of aromatic carboxylic acids is 1. The number of thiazole rings is 1. The summed E-state index contributed by atoms with van der Waals surface area (Å²) in [5.41, 5.74) is -1.28. The maximum atomic E-state index is 12.7. The lowest BCUT2D eigenvalue weighted by Gasteiger charge is -2.29. The number of carbonyl (C=O) groups is 1. The molecule has 0 unspecified atom stereocenters. The molecule has 1 saturated heterocycles. The van der Waals surface area contributed by atoms with Gasteiger partial charge in [-0.2, -0.15) is 13.2 Å². The second kappa shape index (κ2) is 6.31. The van der Waals surface area contributed by atoms with Gasteiger partial charge < -0.3 is 10.0 Å². The highest BCUT2D eigenvalue weighted by Crippen LogP contribution is 2.34. The number of carboxylic acids is 1. The molecule has 0 spiro atoms. The lowest BCUT2D eigenvalue weighted by atomic mass is 9.99. The first-order chi connectivity index (χ1) is 9.77. The van der Waals surface area contributed by atoms with Gasteiger partial charge in [0.15, 0.2) is 5.69 Å². The molecular weight excluding hydrogens is 305 g/mol. The fourth-order valence-electron chi connectivity index (χ4n) is 2.35. The number of halogens is 3. The predicted molar refractivity (Wildman–Crippen MR) is 72.6 cm³/mol. The Morgan fingerprint density at radius 1 is 1.43 bits per heavy atom. The molecule has 1 aromatic rings. The van der Waals surface area contributed by atoms with E-state index in [4.69, 9.17) is 5.11 Å². The first kappa shape index (κ1) is 16.2. The van der Waals surface area contributed by atoms with Crippen molar-refractivity contribution in [1.82, 2.24) is 9.88 Å². The maximum Gasteiger partial charge on any atom is 0.435 e. The second-order valence-corrected chi connectivity index (χ2v) is 6.45. The molecule has 2 rings (SSSR count). The van der Waals surface area contributed by atoms with Gasteiger partial charge in [-0.3, -0.25) is 0 Å². The lowest BCUT2D eigenvalue weighted by Crippen LogP contribution is -2.34. The molecule has 1 fully saturated rings. The third-order valence-electron chi connectivity index (χ3n) is 3.65. The van der Waals surface area contributed by atoms with E-state index in [1.165, 1.54) is 0 Å². The molecular formula is C13H17F3N2O2S. The molecule has 0 atom stereocenters. The van der Waals surface area contributed by atoms with Crippen molar-refractivity contribution in [2.45, 2.75) is 32.4 Å². The summed E-state index contributed by atoms with van der Waals surface area (Å²) >= 11 is 0.626. The van der Waals surface area contributed by atoms with E-state index in [0.717, 1.165) is 25.9 Å². The summed E-state index contributed by atoms with van der Waals surface area (Å²) in [7, 11) is 0. The van der Waals surface area contributed by atoms with Gasteiger partial charge in [0, 0.05) is 13.0 Å².